The average molecular weight is 241 g/mol. The van der Waals surface area contributed by atoms with Crippen molar-refractivity contribution in [3.05, 3.63) is 0 Å². The third-order valence-electron chi connectivity index (χ3n) is 3.08. The number of carboxylic acid groups (broad SMARTS) is 1. The summed E-state index contributed by atoms with van der Waals surface area (Å²) in [6.45, 7) is 8.37. The standard InChI is InChI=1S/C12H22N2O3/c1-9(10(15)13-7-5-6-8-13)14(11(16)17)12(2,3)4/h9H,5-8H2,1-4H3,(H,16,17)/p-1/t9-/m0/s1. The van der Waals surface area contributed by atoms with Crippen molar-refractivity contribution in [3.8, 4) is 0 Å². The Labute approximate surface area is 102 Å². The van der Waals surface area contributed by atoms with E-state index in [0.29, 0.717) is 0 Å². The van der Waals surface area contributed by atoms with Crippen LogP contribution in [0.5, 0.6) is 0 Å². The molecule has 1 saturated heterocycles. The summed E-state index contributed by atoms with van der Waals surface area (Å²) in [5.74, 6) is -0.123. The smallest absolute Gasteiger partial charge is 0.245 e. The Kier molecular flexibility index (Phi) is 4.01. The van der Waals surface area contributed by atoms with Crippen molar-refractivity contribution >= 4 is 12.0 Å². The Morgan fingerprint density at radius 1 is 1.24 bits per heavy atom. The van der Waals surface area contributed by atoms with Crippen LogP contribution in [0.3, 0.4) is 0 Å². The minimum atomic E-state index is -1.29. The van der Waals surface area contributed by atoms with E-state index in [0.717, 1.165) is 30.8 Å². The summed E-state index contributed by atoms with van der Waals surface area (Å²) in [6.07, 6.45) is 0.705. The predicted molar refractivity (Wildman–Crippen MR) is 62.3 cm³/mol. The van der Waals surface area contributed by atoms with Crippen molar-refractivity contribution < 1.29 is 14.7 Å². The normalized spacial score (nSPS) is 18.0. The van der Waals surface area contributed by atoms with Crippen molar-refractivity contribution in [1.29, 1.82) is 0 Å². The van der Waals surface area contributed by atoms with E-state index >= 15 is 0 Å². The first kappa shape index (κ1) is 13.8. The van der Waals surface area contributed by atoms with Gasteiger partial charge < -0.3 is 19.7 Å². The van der Waals surface area contributed by atoms with Gasteiger partial charge in [-0.2, -0.15) is 0 Å². The van der Waals surface area contributed by atoms with Gasteiger partial charge in [-0.05, 0) is 40.5 Å². The van der Waals surface area contributed by atoms with Crippen molar-refractivity contribution in [2.75, 3.05) is 13.1 Å². The maximum atomic E-state index is 12.1. The summed E-state index contributed by atoms with van der Waals surface area (Å²) in [7, 11) is 0. The Morgan fingerprint density at radius 3 is 2.06 bits per heavy atom. The number of nitrogens with zero attached hydrogens (tertiary/aromatic N) is 2. The molecule has 98 valence electrons. The Morgan fingerprint density at radius 2 is 1.71 bits per heavy atom. The number of amides is 2. The van der Waals surface area contributed by atoms with Crippen LogP contribution in [-0.4, -0.2) is 46.5 Å². The van der Waals surface area contributed by atoms with Gasteiger partial charge in [-0.3, -0.25) is 4.79 Å². The van der Waals surface area contributed by atoms with E-state index < -0.39 is 17.7 Å². The van der Waals surface area contributed by atoms with Crippen LogP contribution in [0.15, 0.2) is 0 Å². The summed E-state index contributed by atoms with van der Waals surface area (Å²) >= 11 is 0. The van der Waals surface area contributed by atoms with Gasteiger partial charge in [0.05, 0.1) is 0 Å². The molecule has 2 amide bonds. The Hall–Kier alpha value is -1.26. The second kappa shape index (κ2) is 4.94. The van der Waals surface area contributed by atoms with Crippen molar-refractivity contribution in [3.63, 3.8) is 0 Å². The van der Waals surface area contributed by atoms with Crippen LogP contribution in [0, 0.1) is 0 Å². The van der Waals surface area contributed by atoms with E-state index in [2.05, 4.69) is 0 Å². The molecular formula is C12H21N2O3-. The largest absolute Gasteiger partial charge is 0.530 e. The first-order chi connectivity index (χ1) is 7.75. The van der Waals surface area contributed by atoms with Crippen LogP contribution in [0.2, 0.25) is 0 Å². The van der Waals surface area contributed by atoms with Gasteiger partial charge in [-0.15, -0.1) is 0 Å². The maximum absolute atomic E-state index is 12.1. The molecule has 17 heavy (non-hydrogen) atoms. The van der Waals surface area contributed by atoms with E-state index in [-0.39, 0.29) is 5.91 Å². The van der Waals surface area contributed by atoms with Crippen molar-refractivity contribution in [2.45, 2.75) is 52.1 Å². The molecule has 0 radical (unpaired) electrons. The molecule has 5 nitrogen and oxygen atoms in total. The van der Waals surface area contributed by atoms with E-state index in [9.17, 15) is 14.7 Å². The average Bonchev–Trinajstić information content (AvgIpc) is 2.65. The first-order valence-corrected chi connectivity index (χ1v) is 6.04. The molecule has 1 atom stereocenters. The predicted octanol–water partition coefficient (Wildman–Crippen LogP) is 0.441. The van der Waals surface area contributed by atoms with Gasteiger partial charge in [0.15, 0.2) is 0 Å². The number of likely N-dealkylation sites (tertiary alicyclic amines) is 1. The molecule has 1 rings (SSSR count). The summed E-state index contributed by atoms with van der Waals surface area (Å²) in [5, 5.41) is 11.2. The van der Waals surface area contributed by atoms with Crippen LogP contribution in [0.4, 0.5) is 4.79 Å². The molecule has 1 fully saturated rings. The Bertz CT molecular complexity index is 303. The molecule has 0 spiro atoms. The van der Waals surface area contributed by atoms with E-state index in [1.54, 1.807) is 32.6 Å². The minimum absolute atomic E-state index is 0.123. The van der Waals surface area contributed by atoms with Crippen LogP contribution >= 0.6 is 0 Å². The van der Waals surface area contributed by atoms with Gasteiger partial charge in [0.2, 0.25) is 5.91 Å². The van der Waals surface area contributed by atoms with Gasteiger partial charge in [-0.1, -0.05) is 0 Å². The molecule has 0 saturated carbocycles. The highest BCUT2D eigenvalue weighted by molar-refractivity contribution is 5.85. The quantitative estimate of drug-likeness (QED) is 0.704. The van der Waals surface area contributed by atoms with Gasteiger partial charge in [0.25, 0.3) is 0 Å². The van der Waals surface area contributed by atoms with Crippen LogP contribution < -0.4 is 5.11 Å². The molecule has 5 heteroatoms. The molecule has 1 heterocycles. The lowest BCUT2D eigenvalue weighted by atomic mass is 10.0. The third kappa shape index (κ3) is 3.11. The fraction of sp³-hybridized carbons (Fsp3) is 0.833. The molecule has 0 bridgehead atoms. The molecular weight excluding hydrogens is 220 g/mol. The summed E-state index contributed by atoms with van der Waals surface area (Å²) < 4.78 is 0. The summed E-state index contributed by atoms with van der Waals surface area (Å²) in [5.41, 5.74) is -0.631. The monoisotopic (exact) mass is 241 g/mol. The van der Waals surface area contributed by atoms with Gasteiger partial charge >= 0.3 is 0 Å². The van der Waals surface area contributed by atoms with Gasteiger partial charge in [-0.25, -0.2) is 0 Å². The van der Waals surface area contributed by atoms with E-state index in [1.165, 1.54) is 0 Å². The zero-order valence-electron chi connectivity index (χ0n) is 11.0. The lowest BCUT2D eigenvalue weighted by Crippen LogP contribution is -2.59. The molecule has 1 aliphatic heterocycles. The van der Waals surface area contributed by atoms with Gasteiger partial charge in [0.1, 0.15) is 12.1 Å². The highest BCUT2D eigenvalue weighted by Gasteiger charge is 2.33. The molecule has 0 aromatic carbocycles. The lowest BCUT2D eigenvalue weighted by molar-refractivity contribution is -0.273. The molecule has 0 aromatic rings. The number of carbonyl (C=O) groups is 2. The second-order valence-corrected chi connectivity index (χ2v) is 5.52. The second-order valence-electron chi connectivity index (χ2n) is 5.52. The summed E-state index contributed by atoms with van der Waals surface area (Å²) in [4.78, 5) is 26.1. The van der Waals surface area contributed by atoms with E-state index in [1.807, 2.05) is 0 Å². The molecule has 0 N–H and O–H groups in total. The fourth-order valence-corrected chi connectivity index (χ4v) is 2.33. The molecule has 0 aliphatic carbocycles. The molecule has 1 aliphatic rings. The third-order valence-corrected chi connectivity index (χ3v) is 3.08. The highest BCUT2D eigenvalue weighted by atomic mass is 16.4. The van der Waals surface area contributed by atoms with Crippen LogP contribution in [0.1, 0.15) is 40.5 Å². The molecule has 0 aromatic heterocycles. The summed E-state index contributed by atoms with van der Waals surface area (Å²) in [6, 6.07) is -0.682. The van der Waals surface area contributed by atoms with Crippen LogP contribution in [0.25, 0.3) is 0 Å². The fourth-order valence-electron chi connectivity index (χ4n) is 2.33. The van der Waals surface area contributed by atoms with Crippen molar-refractivity contribution in [1.82, 2.24) is 9.80 Å². The first-order valence-electron chi connectivity index (χ1n) is 6.04. The topological polar surface area (TPSA) is 63.7 Å². The number of hydrogen-bond acceptors (Lipinski definition) is 3. The number of hydrogen-bond donors (Lipinski definition) is 0. The SMILES string of the molecule is C[C@@H](C(=O)N1CCCC1)N(C(=O)[O-])C(C)(C)C. The zero-order chi connectivity index (χ0) is 13.2. The number of carbonyl (C=O) groups excluding carboxylic acids is 2. The molecule has 0 unspecified atom stereocenters. The number of rotatable bonds is 2. The van der Waals surface area contributed by atoms with Crippen molar-refractivity contribution in [2.24, 2.45) is 0 Å². The van der Waals surface area contributed by atoms with Crippen LogP contribution in [-0.2, 0) is 4.79 Å². The van der Waals surface area contributed by atoms with E-state index in [4.69, 9.17) is 0 Å². The highest BCUT2D eigenvalue weighted by Crippen LogP contribution is 2.19. The maximum Gasteiger partial charge on any atom is 0.245 e. The Balaban J connectivity index is 2.80. The lowest BCUT2D eigenvalue weighted by Gasteiger charge is -2.42. The minimum Gasteiger partial charge on any atom is -0.530 e. The van der Waals surface area contributed by atoms with Gasteiger partial charge in [0, 0.05) is 18.6 Å². The zero-order valence-corrected chi connectivity index (χ0v) is 11.0.